The quantitative estimate of drug-likeness (QED) is 0.928. The van der Waals surface area contributed by atoms with Crippen molar-refractivity contribution in [1.82, 2.24) is 4.90 Å². The third kappa shape index (κ3) is 3.27. The molecule has 21 heavy (non-hydrogen) atoms. The molecule has 0 aromatic heterocycles. The molecule has 114 valence electrons. The molecular weight excluding hydrogens is 266 g/mol. The van der Waals surface area contributed by atoms with Crippen LogP contribution in [0.3, 0.4) is 0 Å². The number of carbonyl (C=O) groups is 1. The van der Waals surface area contributed by atoms with E-state index < -0.39 is 5.97 Å². The van der Waals surface area contributed by atoms with Crippen LogP contribution >= 0.6 is 0 Å². The van der Waals surface area contributed by atoms with Crippen LogP contribution in [0.25, 0.3) is 0 Å². The molecule has 1 saturated heterocycles. The first-order valence-corrected chi connectivity index (χ1v) is 7.85. The Kier molecular flexibility index (Phi) is 4.56. The first-order chi connectivity index (χ1) is 10.3. The highest BCUT2D eigenvalue weighted by Gasteiger charge is 2.38. The molecular formula is C17H23NO3. The Morgan fingerprint density at radius 2 is 1.86 bits per heavy atom. The summed E-state index contributed by atoms with van der Waals surface area (Å²) >= 11 is 0. The van der Waals surface area contributed by atoms with Gasteiger partial charge in [0.05, 0.1) is 19.1 Å². The van der Waals surface area contributed by atoms with Gasteiger partial charge in [0.25, 0.3) is 0 Å². The summed E-state index contributed by atoms with van der Waals surface area (Å²) in [6.45, 7) is 3.55. The summed E-state index contributed by atoms with van der Waals surface area (Å²) in [6, 6.07) is 10.6. The fourth-order valence-corrected chi connectivity index (χ4v) is 3.79. The molecule has 2 fully saturated rings. The van der Waals surface area contributed by atoms with Crippen LogP contribution in [0.1, 0.15) is 30.7 Å². The number of carboxylic acids is 1. The molecule has 4 nitrogen and oxygen atoms in total. The lowest BCUT2D eigenvalue weighted by molar-refractivity contribution is -0.144. The van der Waals surface area contributed by atoms with Crippen molar-refractivity contribution in [2.24, 2.45) is 5.92 Å². The lowest BCUT2D eigenvalue weighted by Crippen LogP contribution is -2.47. The maximum atomic E-state index is 11.6. The van der Waals surface area contributed by atoms with Crippen LogP contribution in [-0.2, 0) is 9.53 Å². The fourth-order valence-electron chi connectivity index (χ4n) is 3.79. The van der Waals surface area contributed by atoms with E-state index >= 15 is 0 Å². The highest BCUT2D eigenvalue weighted by atomic mass is 16.5. The number of ether oxygens (including phenoxy) is 1. The third-order valence-electron chi connectivity index (χ3n) is 4.93. The number of benzene rings is 1. The molecule has 1 heterocycles. The standard InChI is InChI=1S/C17H23NO3/c19-17(20)15-7-6-14(18-8-10-21-11-9-18)12-16(15)13-4-2-1-3-5-13/h1-5,14-16H,6-12H2,(H,19,20)/t14-,15-,16+/m1/s1. The summed E-state index contributed by atoms with van der Waals surface area (Å²) in [5.41, 5.74) is 1.17. The Labute approximate surface area is 125 Å². The number of hydrogen-bond acceptors (Lipinski definition) is 3. The first-order valence-electron chi connectivity index (χ1n) is 7.85. The van der Waals surface area contributed by atoms with Gasteiger partial charge in [-0.05, 0) is 30.7 Å². The maximum absolute atomic E-state index is 11.6. The van der Waals surface area contributed by atoms with Crippen molar-refractivity contribution in [3.05, 3.63) is 35.9 Å². The van der Waals surface area contributed by atoms with Crippen LogP contribution in [-0.4, -0.2) is 48.3 Å². The smallest absolute Gasteiger partial charge is 0.307 e. The lowest BCUT2D eigenvalue weighted by Gasteiger charge is -2.41. The molecule has 0 radical (unpaired) electrons. The molecule has 0 unspecified atom stereocenters. The summed E-state index contributed by atoms with van der Waals surface area (Å²) in [5.74, 6) is -0.765. The van der Waals surface area contributed by atoms with Crippen LogP contribution in [0.4, 0.5) is 0 Å². The second-order valence-corrected chi connectivity index (χ2v) is 6.08. The summed E-state index contributed by atoms with van der Waals surface area (Å²) in [4.78, 5) is 14.1. The zero-order valence-corrected chi connectivity index (χ0v) is 12.3. The van der Waals surface area contributed by atoms with Gasteiger partial charge in [0.15, 0.2) is 0 Å². The number of nitrogens with zero attached hydrogens (tertiary/aromatic N) is 1. The molecule has 1 aliphatic carbocycles. The summed E-state index contributed by atoms with van der Waals surface area (Å²) in [7, 11) is 0. The van der Waals surface area contributed by atoms with Gasteiger partial charge < -0.3 is 9.84 Å². The van der Waals surface area contributed by atoms with Gasteiger partial charge in [-0.1, -0.05) is 30.3 Å². The van der Waals surface area contributed by atoms with Crippen LogP contribution in [0.5, 0.6) is 0 Å². The molecule has 0 amide bonds. The predicted octanol–water partition coefficient (Wildman–Crippen LogP) is 2.36. The second kappa shape index (κ2) is 6.58. The summed E-state index contributed by atoms with van der Waals surface area (Å²) in [5, 5.41) is 9.53. The predicted molar refractivity (Wildman–Crippen MR) is 80.3 cm³/mol. The average Bonchev–Trinajstić information content (AvgIpc) is 2.56. The Hall–Kier alpha value is -1.39. The van der Waals surface area contributed by atoms with Gasteiger partial charge in [0, 0.05) is 19.1 Å². The lowest BCUT2D eigenvalue weighted by atomic mass is 9.73. The van der Waals surface area contributed by atoms with Gasteiger partial charge in [0.2, 0.25) is 0 Å². The molecule has 2 aliphatic rings. The molecule has 0 bridgehead atoms. The van der Waals surface area contributed by atoms with Crippen LogP contribution in [0.2, 0.25) is 0 Å². The van der Waals surface area contributed by atoms with E-state index in [4.69, 9.17) is 4.74 Å². The Balaban J connectivity index is 1.77. The van der Waals surface area contributed by atoms with Gasteiger partial charge in [-0.3, -0.25) is 9.69 Å². The van der Waals surface area contributed by atoms with E-state index in [1.165, 1.54) is 5.56 Å². The van der Waals surface area contributed by atoms with E-state index in [1.807, 2.05) is 18.2 Å². The van der Waals surface area contributed by atoms with Crippen molar-refractivity contribution in [1.29, 1.82) is 0 Å². The number of rotatable bonds is 3. The minimum Gasteiger partial charge on any atom is -0.481 e. The van der Waals surface area contributed by atoms with Crippen molar-refractivity contribution >= 4 is 5.97 Å². The molecule has 1 aromatic carbocycles. The molecule has 1 saturated carbocycles. The molecule has 0 spiro atoms. The maximum Gasteiger partial charge on any atom is 0.307 e. The minimum atomic E-state index is -0.649. The number of hydrogen-bond donors (Lipinski definition) is 1. The molecule has 1 aliphatic heterocycles. The molecule has 4 heteroatoms. The van der Waals surface area contributed by atoms with E-state index in [0.29, 0.717) is 6.04 Å². The van der Waals surface area contributed by atoms with Gasteiger partial charge in [0.1, 0.15) is 0 Å². The van der Waals surface area contributed by atoms with Crippen molar-refractivity contribution in [3.63, 3.8) is 0 Å². The SMILES string of the molecule is O=C(O)[C@@H]1CC[C@@H](N2CCOCC2)C[C@H]1c1ccccc1. The molecule has 1 N–H and O–H groups in total. The summed E-state index contributed by atoms with van der Waals surface area (Å²) in [6.07, 6.45) is 2.71. The van der Waals surface area contributed by atoms with Crippen LogP contribution < -0.4 is 0 Å². The monoisotopic (exact) mass is 289 g/mol. The van der Waals surface area contributed by atoms with E-state index in [0.717, 1.165) is 45.6 Å². The molecule has 3 rings (SSSR count). The Bertz CT molecular complexity index is 470. The minimum absolute atomic E-state index is 0.130. The van der Waals surface area contributed by atoms with E-state index in [2.05, 4.69) is 17.0 Å². The highest BCUT2D eigenvalue weighted by molar-refractivity contribution is 5.71. The van der Waals surface area contributed by atoms with E-state index in [9.17, 15) is 9.90 Å². The largest absolute Gasteiger partial charge is 0.481 e. The normalized spacial score (nSPS) is 31.0. The molecule has 3 atom stereocenters. The van der Waals surface area contributed by atoms with Gasteiger partial charge in [-0.25, -0.2) is 0 Å². The van der Waals surface area contributed by atoms with Gasteiger partial charge in [-0.15, -0.1) is 0 Å². The number of aliphatic carboxylic acids is 1. The van der Waals surface area contributed by atoms with Crippen molar-refractivity contribution in [2.75, 3.05) is 26.3 Å². The van der Waals surface area contributed by atoms with Gasteiger partial charge in [-0.2, -0.15) is 0 Å². The number of morpholine rings is 1. The Morgan fingerprint density at radius 1 is 1.14 bits per heavy atom. The zero-order chi connectivity index (χ0) is 14.7. The van der Waals surface area contributed by atoms with Crippen LogP contribution in [0.15, 0.2) is 30.3 Å². The van der Waals surface area contributed by atoms with Gasteiger partial charge >= 0.3 is 5.97 Å². The van der Waals surface area contributed by atoms with E-state index in [-0.39, 0.29) is 11.8 Å². The second-order valence-electron chi connectivity index (χ2n) is 6.08. The Morgan fingerprint density at radius 3 is 2.52 bits per heavy atom. The number of carboxylic acid groups (broad SMARTS) is 1. The summed E-state index contributed by atoms with van der Waals surface area (Å²) < 4.78 is 5.43. The van der Waals surface area contributed by atoms with Crippen molar-refractivity contribution in [3.8, 4) is 0 Å². The average molecular weight is 289 g/mol. The van der Waals surface area contributed by atoms with Crippen LogP contribution in [0, 0.1) is 5.92 Å². The first kappa shape index (κ1) is 14.5. The fraction of sp³-hybridized carbons (Fsp3) is 0.588. The third-order valence-corrected chi connectivity index (χ3v) is 4.93. The topological polar surface area (TPSA) is 49.8 Å². The molecule has 1 aromatic rings. The van der Waals surface area contributed by atoms with Crippen molar-refractivity contribution in [2.45, 2.75) is 31.2 Å². The van der Waals surface area contributed by atoms with E-state index in [1.54, 1.807) is 0 Å². The van der Waals surface area contributed by atoms with Crippen molar-refractivity contribution < 1.29 is 14.6 Å². The highest BCUT2D eigenvalue weighted by Crippen LogP contribution is 2.39. The zero-order valence-electron chi connectivity index (χ0n) is 12.3.